The highest BCUT2D eigenvalue weighted by atomic mass is 32.2. The van der Waals surface area contributed by atoms with E-state index in [9.17, 15) is 13.2 Å². The van der Waals surface area contributed by atoms with Gasteiger partial charge < -0.3 is 19.3 Å². The molecule has 0 spiro atoms. The lowest BCUT2D eigenvalue weighted by Gasteiger charge is -2.38. The monoisotopic (exact) mass is 451 g/mol. The fraction of sp³-hybridized carbons (Fsp3) is 0.571. The van der Waals surface area contributed by atoms with Gasteiger partial charge in [-0.1, -0.05) is 19.0 Å². The van der Waals surface area contributed by atoms with E-state index in [0.29, 0.717) is 30.1 Å². The third-order valence-electron chi connectivity index (χ3n) is 5.43. The molecule has 1 saturated heterocycles. The van der Waals surface area contributed by atoms with Gasteiger partial charge in [0.2, 0.25) is 11.8 Å². The molecule has 0 aliphatic carbocycles. The molecule has 1 aromatic heterocycles. The zero-order chi connectivity index (χ0) is 22.8. The number of methoxy groups -OCH3 is 1. The van der Waals surface area contributed by atoms with Crippen molar-refractivity contribution in [1.29, 1.82) is 0 Å². The Labute approximate surface area is 182 Å². The van der Waals surface area contributed by atoms with Crippen molar-refractivity contribution in [3.63, 3.8) is 0 Å². The number of nitrogens with one attached hydrogen (secondary N) is 1. The number of carbonyl (C=O) groups excluding carboxylic acids is 1. The first-order chi connectivity index (χ1) is 14.5. The number of rotatable bonds is 7. The maximum absolute atomic E-state index is 13.0. The number of hydrogen-bond donors (Lipinski definition) is 1. The Morgan fingerprint density at radius 3 is 2.58 bits per heavy atom. The van der Waals surface area contributed by atoms with Gasteiger partial charge in [-0.15, -0.1) is 0 Å². The van der Waals surface area contributed by atoms with Crippen molar-refractivity contribution in [2.75, 3.05) is 20.3 Å². The summed E-state index contributed by atoms with van der Waals surface area (Å²) >= 11 is 0. The summed E-state index contributed by atoms with van der Waals surface area (Å²) in [4.78, 5) is 16.8. The lowest BCUT2D eigenvalue weighted by atomic mass is 9.82. The molecular weight excluding hydrogens is 422 g/mol. The molecule has 1 aliphatic heterocycles. The Hall–Kier alpha value is -2.46. The number of ether oxygens (including phenoxy) is 2. The molecule has 31 heavy (non-hydrogen) atoms. The van der Waals surface area contributed by atoms with E-state index in [1.54, 1.807) is 26.0 Å². The molecule has 0 saturated carbocycles. The highest BCUT2D eigenvalue weighted by Gasteiger charge is 2.34. The van der Waals surface area contributed by atoms with Crippen LogP contribution in [0.2, 0.25) is 0 Å². The molecule has 1 aliphatic rings. The summed E-state index contributed by atoms with van der Waals surface area (Å²) in [6.07, 6.45) is 0.619. The van der Waals surface area contributed by atoms with Crippen molar-refractivity contribution < 1.29 is 27.2 Å². The quantitative estimate of drug-likeness (QED) is 0.680. The minimum atomic E-state index is -3.71. The minimum absolute atomic E-state index is 0.0162. The first kappa shape index (κ1) is 23.2. The van der Waals surface area contributed by atoms with Crippen molar-refractivity contribution >= 4 is 15.7 Å². The molecule has 2 heterocycles. The van der Waals surface area contributed by atoms with Crippen molar-refractivity contribution in [3.8, 4) is 5.75 Å². The Morgan fingerprint density at radius 1 is 1.29 bits per heavy atom. The van der Waals surface area contributed by atoms with Crippen LogP contribution in [0.3, 0.4) is 0 Å². The number of carbonyl (C=O) groups is 1. The highest BCUT2D eigenvalue weighted by molar-refractivity contribution is 7.90. The molecule has 2 aromatic rings. The summed E-state index contributed by atoms with van der Waals surface area (Å²) in [7, 11) is -2.18. The molecule has 0 radical (unpaired) electrons. The maximum Gasteiger partial charge on any atom is 0.236 e. The molecule has 10 heteroatoms. The SMILES string of the molecule is COc1cc(C)c(S(=O)(=O)Cc2noc(CC(=O)NC3CCOCC3(C)C)n2)c(C)c1. The number of aromatic nitrogens is 2. The summed E-state index contributed by atoms with van der Waals surface area (Å²) in [5, 5.41) is 6.75. The fourth-order valence-electron chi connectivity index (χ4n) is 3.86. The van der Waals surface area contributed by atoms with Gasteiger partial charge in [0, 0.05) is 18.1 Å². The number of amides is 1. The lowest BCUT2D eigenvalue weighted by molar-refractivity contribution is -0.124. The Kier molecular flexibility index (Phi) is 6.70. The van der Waals surface area contributed by atoms with Crippen LogP contribution < -0.4 is 10.1 Å². The van der Waals surface area contributed by atoms with E-state index in [-0.39, 0.29) is 40.4 Å². The highest BCUT2D eigenvalue weighted by Crippen LogP contribution is 2.29. The van der Waals surface area contributed by atoms with E-state index in [2.05, 4.69) is 15.5 Å². The van der Waals surface area contributed by atoms with E-state index >= 15 is 0 Å². The third kappa shape index (κ3) is 5.43. The predicted octanol–water partition coefficient (Wildman–Crippen LogP) is 2.14. The zero-order valence-corrected chi connectivity index (χ0v) is 19.3. The molecule has 1 aromatic carbocycles. The normalized spacial score (nSPS) is 18.5. The van der Waals surface area contributed by atoms with Crippen LogP contribution in [0.15, 0.2) is 21.6 Å². The topological polar surface area (TPSA) is 121 Å². The summed E-state index contributed by atoms with van der Waals surface area (Å²) in [6.45, 7) is 8.68. The number of hydrogen-bond acceptors (Lipinski definition) is 8. The number of nitrogens with zero attached hydrogens (tertiary/aromatic N) is 2. The molecule has 1 amide bonds. The van der Waals surface area contributed by atoms with Gasteiger partial charge in [-0.2, -0.15) is 4.98 Å². The van der Waals surface area contributed by atoms with Crippen molar-refractivity contribution in [2.24, 2.45) is 5.41 Å². The largest absolute Gasteiger partial charge is 0.497 e. The van der Waals surface area contributed by atoms with Crippen LogP contribution in [-0.4, -0.2) is 50.8 Å². The molecule has 170 valence electrons. The van der Waals surface area contributed by atoms with Gasteiger partial charge in [0.1, 0.15) is 17.9 Å². The Morgan fingerprint density at radius 2 is 1.97 bits per heavy atom. The summed E-state index contributed by atoms with van der Waals surface area (Å²) < 4.78 is 41.7. The molecule has 1 unspecified atom stereocenters. The first-order valence-electron chi connectivity index (χ1n) is 10.1. The predicted molar refractivity (Wildman–Crippen MR) is 113 cm³/mol. The van der Waals surface area contributed by atoms with Gasteiger partial charge >= 0.3 is 0 Å². The standard InChI is InChI=1S/C21H29N3O6S/c1-13-8-15(28-5)9-14(2)20(13)31(26,27)11-17-23-19(30-24-17)10-18(25)22-16-6-7-29-12-21(16,3)4/h8-9,16H,6-7,10-12H2,1-5H3,(H,22,25). The van der Waals surface area contributed by atoms with Gasteiger partial charge in [-0.05, 0) is 43.5 Å². The molecule has 3 rings (SSSR count). The van der Waals surface area contributed by atoms with Gasteiger partial charge in [-0.3, -0.25) is 4.79 Å². The minimum Gasteiger partial charge on any atom is -0.497 e. The van der Waals surface area contributed by atoms with Crippen LogP contribution in [0, 0.1) is 19.3 Å². The van der Waals surface area contributed by atoms with Crippen LogP contribution >= 0.6 is 0 Å². The summed E-state index contributed by atoms with van der Waals surface area (Å²) in [5.74, 6) is 0.0213. The van der Waals surface area contributed by atoms with E-state index in [0.717, 1.165) is 6.42 Å². The van der Waals surface area contributed by atoms with Crippen molar-refractivity contribution in [3.05, 3.63) is 35.0 Å². The van der Waals surface area contributed by atoms with Crippen LogP contribution in [0.25, 0.3) is 0 Å². The van der Waals surface area contributed by atoms with Crippen LogP contribution in [0.1, 0.15) is 43.1 Å². The summed E-state index contributed by atoms with van der Waals surface area (Å²) in [5.41, 5.74) is 0.994. The first-order valence-corrected chi connectivity index (χ1v) is 11.7. The number of benzene rings is 1. The maximum atomic E-state index is 13.0. The molecular formula is C21H29N3O6S. The van der Waals surface area contributed by atoms with E-state index in [4.69, 9.17) is 14.0 Å². The van der Waals surface area contributed by atoms with Crippen molar-refractivity contribution in [1.82, 2.24) is 15.5 Å². The smallest absolute Gasteiger partial charge is 0.236 e. The Balaban J connectivity index is 1.68. The van der Waals surface area contributed by atoms with Crippen LogP contribution in [0.4, 0.5) is 0 Å². The van der Waals surface area contributed by atoms with Gasteiger partial charge in [-0.25, -0.2) is 8.42 Å². The van der Waals surface area contributed by atoms with Crippen LogP contribution in [-0.2, 0) is 31.5 Å². The zero-order valence-electron chi connectivity index (χ0n) is 18.5. The van der Waals surface area contributed by atoms with Gasteiger partial charge in [0.25, 0.3) is 0 Å². The van der Waals surface area contributed by atoms with E-state index in [1.807, 2.05) is 13.8 Å². The summed E-state index contributed by atoms with van der Waals surface area (Å²) in [6, 6.07) is 3.32. The van der Waals surface area contributed by atoms with Crippen molar-refractivity contribution in [2.45, 2.75) is 57.2 Å². The third-order valence-corrected chi connectivity index (χ3v) is 7.33. The molecule has 1 atom stereocenters. The van der Waals surface area contributed by atoms with Gasteiger partial charge in [0.05, 0.1) is 18.6 Å². The molecule has 9 nitrogen and oxygen atoms in total. The van der Waals surface area contributed by atoms with E-state index in [1.165, 1.54) is 7.11 Å². The lowest BCUT2D eigenvalue weighted by Crippen LogP contribution is -2.50. The average Bonchev–Trinajstić information content (AvgIpc) is 3.08. The number of aryl methyl sites for hydroxylation is 2. The molecule has 0 bridgehead atoms. The Bertz CT molecular complexity index is 1040. The second-order valence-corrected chi connectivity index (χ2v) is 10.5. The fourth-order valence-corrected chi connectivity index (χ4v) is 5.56. The molecule has 1 N–H and O–H groups in total. The second-order valence-electron chi connectivity index (χ2n) is 8.58. The van der Waals surface area contributed by atoms with Gasteiger partial charge in [0.15, 0.2) is 15.7 Å². The van der Waals surface area contributed by atoms with E-state index < -0.39 is 15.6 Å². The van der Waals surface area contributed by atoms with Crippen LogP contribution in [0.5, 0.6) is 5.75 Å². The second kappa shape index (κ2) is 8.96. The number of sulfone groups is 1. The average molecular weight is 452 g/mol. The molecule has 1 fully saturated rings.